The third-order valence-corrected chi connectivity index (χ3v) is 3.64. The highest BCUT2D eigenvalue weighted by Gasteiger charge is 2.02. The van der Waals surface area contributed by atoms with Crippen LogP contribution in [0.2, 0.25) is 0 Å². The van der Waals surface area contributed by atoms with Crippen molar-refractivity contribution >= 4 is 11.8 Å². The molecular formula is C13H18N4S. The Morgan fingerprint density at radius 3 is 3.00 bits per heavy atom. The van der Waals surface area contributed by atoms with Gasteiger partial charge in [0, 0.05) is 18.5 Å². The second-order valence-corrected chi connectivity index (χ2v) is 5.07. The van der Waals surface area contributed by atoms with E-state index in [1.807, 2.05) is 11.7 Å². The number of rotatable bonds is 6. The molecule has 4 nitrogen and oxygen atoms in total. The fourth-order valence-electron chi connectivity index (χ4n) is 1.61. The minimum absolute atomic E-state index is 0.848. The average molecular weight is 262 g/mol. The quantitative estimate of drug-likeness (QED) is 0.811. The van der Waals surface area contributed by atoms with Gasteiger partial charge in [0.1, 0.15) is 12.2 Å². The van der Waals surface area contributed by atoms with Gasteiger partial charge in [-0.2, -0.15) is 5.10 Å². The van der Waals surface area contributed by atoms with Gasteiger partial charge in [0.15, 0.2) is 0 Å². The number of nitrogens with zero attached hydrogens (tertiary/aromatic N) is 3. The highest BCUT2D eigenvalue weighted by molar-refractivity contribution is 7.98. The summed E-state index contributed by atoms with van der Waals surface area (Å²) in [5.74, 6) is 1.85. The van der Waals surface area contributed by atoms with Crippen molar-refractivity contribution in [2.24, 2.45) is 7.05 Å². The summed E-state index contributed by atoms with van der Waals surface area (Å²) in [7, 11) is 1.92. The number of benzene rings is 1. The topological polar surface area (TPSA) is 42.7 Å². The number of nitrogens with one attached hydrogen (secondary N) is 1. The van der Waals surface area contributed by atoms with Gasteiger partial charge < -0.3 is 5.32 Å². The number of hydrogen-bond donors (Lipinski definition) is 1. The van der Waals surface area contributed by atoms with Gasteiger partial charge >= 0.3 is 0 Å². The maximum atomic E-state index is 4.22. The van der Waals surface area contributed by atoms with Crippen LogP contribution < -0.4 is 5.32 Å². The summed E-state index contributed by atoms with van der Waals surface area (Å²) in [5, 5.41) is 7.40. The van der Waals surface area contributed by atoms with Crippen LogP contribution in [0.3, 0.4) is 0 Å². The van der Waals surface area contributed by atoms with Crippen molar-refractivity contribution in [1.29, 1.82) is 0 Å². The average Bonchev–Trinajstić information content (AvgIpc) is 2.80. The predicted octanol–water partition coefficient (Wildman–Crippen LogP) is 2.22. The van der Waals surface area contributed by atoms with Crippen LogP contribution in [0.15, 0.2) is 35.5 Å². The van der Waals surface area contributed by atoms with Gasteiger partial charge in [-0.05, 0) is 24.2 Å². The van der Waals surface area contributed by atoms with Gasteiger partial charge in [0.2, 0.25) is 0 Å². The molecule has 0 aliphatic carbocycles. The first-order valence-electron chi connectivity index (χ1n) is 6.05. The molecule has 0 bridgehead atoms. The van der Waals surface area contributed by atoms with E-state index in [0.29, 0.717) is 0 Å². The molecule has 2 rings (SSSR count). The number of aromatic nitrogens is 3. The SMILES string of the molecule is CCNCc1cccc(SCc2ncnn2C)c1. The zero-order valence-electron chi connectivity index (χ0n) is 10.8. The molecule has 1 N–H and O–H groups in total. The van der Waals surface area contributed by atoms with Gasteiger partial charge in [-0.1, -0.05) is 19.1 Å². The second-order valence-electron chi connectivity index (χ2n) is 4.02. The molecule has 0 saturated heterocycles. The lowest BCUT2D eigenvalue weighted by Gasteiger charge is -2.05. The molecule has 0 aliphatic rings. The van der Waals surface area contributed by atoms with Gasteiger partial charge in [-0.25, -0.2) is 4.98 Å². The Balaban J connectivity index is 1.95. The largest absolute Gasteiger partial charge is 0.313 e. The van der Waals surface area contributed by atoms with E-state index in [4.69, 9.17) is 0 Å². The van der Waals surface area contributed by atoms with Crippen molar-refractivity contribution in [2.75, 3.05) is 6.54 Å². The Labute approximate surface area is 112 Å². The smallest absolute Gasteiger partial charge is 0.138 e. The summed E-state index contributed by atoms with van der Waals surface area (Å²) >= 11 is 1.79. The molecule has 96 valence electrons. The normalized spacial score (nSPS) is 10.8. The van der Waals surface area contributed by atoms with Gasteiger partial charge in [0.05, 0.1) is 5.75 Å². The Kier molecular flexibility index (Phi) is 4.78. The fourth-order valence-corrected chi connectivity index (χ4v) is 2.58. The maximum Gasteiger partial charge on any atom is 0.138 e. The molecule has 0 unspecified atom stereocenters. The summed E-state index contributed by atoms with van der Waals surface area (Å²) in [6.45, 7) is 4.04. The van der Waals surface area contributed by atoms with Crippen LogP contribution in [-0.4, -0.2) is 21.3 Å². The Morgan fingerprint density at radius 1 is 1.39 bits per heavy atom. The molecule has 0 fully saturated rings. The minimum Gasteiger partial charge on any atom is -0.313 e. The molecule has 5 heteroatoms. The lowest BCUT2D eigenvalue weighted by molar-refractivity contribution is 0.725. The molecule has 1 aromatic heterocycles. The van der Waals surface area contributed by atoms with E-state index in [9.17, 15) is 0 Å². The molecule has 2 aromatic rings. The standard InChI is InChI=1S/C13H18N4S/c1-3-14-8-11-5-4-6-12(7-11)18-9-13-15-10-16-17(13)2/h4-7,10,14H,3,8-9H2,1-2H3. The molecule has 0 saturated carbocycles. The fraction of sp³-hybridized carbons (Fsp3) is 0.385. The van der Waals surface area contributed by atoms with Crippen molar-refractivity contribution in [3.05, 3.63) is 42.0 Å². The van der Waals surface area contributed by atoms with Crippen LogP contribution in [0.1, 0.15) is 18.3 Å². The Morgan fingerprint density at radius 2 is 2.28 bits per heavy atom. The molecule has 0 aliphatic heterocycles. The summed E-state index contributed by atoms with van der Waals surface area (Å²) in [6.07, 6.45) is 1.59. The van der Waals surface area contributed by atoms with Crippen molar-refractivity contribution in [3.8, 4) is 0 Å². The zero-order chi connectivity index (χ0) is 12.8. The molecule has 0 spiro atoms. The van der Waals surface area contributed by atoms with E-state index >= 15 is 0 Å². The monoisotopic (exact) mass is 262 g/mol. The van der Waals surface area contributed by atoms with E-state index in [1.165, 1.54) is 10.5 Å². The number of hydrogen-bond acceptors (Lipinski definition) is 4. The van der Waals surface area contributed by atoms with Crippen LogP contribution in [0, 0.1) is 0 Å². The highest BCUT2D eigenvalue weighted by Crippen LogP contribution is 2.22. The first kappa shape index (κ1) is 13.1. The number of aryl methyl sites for hydroxylation is 1. The third-order valence-electron chi connectivity index (χ3n) is 2.65. The molecule has 0 radical (unpaired) electrons. The summed E-state index contributed by atoms with van der Waals surface area (Å²) in [4.78, 5) is 5.49. The van der Waals surface area contributed by atoms with Crippen LogP contribution in [0.4, 0.5) is 0 Å². The maximum absolute atomic E-state index is 4.22. The Bertz CT molecular complexity index is 495. The molecule has 18 heavy (non-hydrogen) atoms. The highest BCUT2D eigenvalue weighted by atomic mass is 32.2. The van der Waals surface area contributed by atoms with Crippen LogP contribution >= 0.6 is 11.8 Å². The summed E-state index contributed by atoms with van der Waals surface area (Å²) in [6, 6.07) is 8.61. The first-order chi connectivity index (χ1) is 8.79. The zero-order valence-corrected chi connectivity index (χ0v) is 11.6. The van der Waals surface area contributed by atoms with Gasteiger partial charge in [-0.3, -0.25) is 4.68 Å². The van der Waals surface area contributed by atoms with E-state index in [2.05, 4.69) is 46.6 Å². The van der Waals surface area contributed by atoms with E-state index in [0.717, 1.165) is 24.7 Å². The van der Waals surface area contributed by atoms with Crippen LogP contribution in [0.5, 0.6) is 0 Å². The lowest BCUT2D eigenvalue weighted by Crippen LogP contribution is -2.11. The van der Waals surface area contributed by atoms with Crippen molar-refractivity contribution in [2.45, 2.75) is 24.1 Å². The van der Waals surface area contributed by atoms with E-state index in [-0.39, 0.29) is 0 Å². The summed E-state index contributed by atoms with van der Waals surface area (Å²) < 4.78 is 1.81. The summed E-state index contributed by atoms with van der Waals surface area (Å²) in [5.41, 5.74) is 1.32. The van der Waals surface area contributed by atoms with Crippen molar-refractivity contribution in [1.82, 2.24) is 20.1 Å². The van der Waals surface area contributed by atoms with Crippen LogP contribution in [0.25, 0.3) is 0 Å². The lowest BCUT2D eigenvalue weighted by atomic mass is 10.2. The van der Waals surface area contributed by atoms with E-state index < -0.39 is 0 Å². The first-order valence-corrected chi connectivity index (χ1v) is 7.03. The molecular weight excluding hydrogens is 244 g/mol. The minimum atomic E-state index is 0.848. The van der Waals surface area contributed by atoms with Crippen molar-refractivity contribution in [3.63, 3.8) is 0 Å². The Hall–Kier alpha value is -1.33. The third kappa shape index (κ3) is 3.58. The molecule has 1 heterocycles. The molecule has 1 aromatic carbocycles. The molecule has 0 atom stereocenters. The van der Waals surface area contributed by atoms with Gasteiger partial charge in [-0.15, -0.1) is 11.8 Å². The van der Waals surface area contributed by atoms with Gasteiger partial charge in [0.25, 0.3) is 0 Å². The number of thioether (sulfide) groups is 1. The molecule has 0 amide bonds. The van der Waals surface area contributed by atoms with Crippen LogP contribution in [-0.2, 0) is 19.3 Å². The predicted molar refractivity (Wildman–Crippen MR) is 74.4 cm³/mol. The van der Waals surface area contributed by atoms with Crippen molar-refractivity contribution < 1.29 is 0 Å². The second kappa shape index (κ2) is 6.56. The van der Waals surface area contributed by atoms with E-state index in [1.54, 1.807) is 18.1 Å².